The molecule has 3 rings (SSSR count). The summed E-state index contributed by atoms with van der Waals surface area (Å²) >= 11 is 3.52. The van der Waals surface area contributed by atoms with E-state index in [4.69, 9.17) is 0 Å². The quantitative estimate of drug-likeness (QED) is 0.879. The Labute approximate surface area is 134 Å². The van der Waals surface area contributed by atoms with Crippen LogP contribution in [0, 0.1) is 0 Å². The van der Waals surface area contributed by atoms with Crippen LogP contribution in [-0.2, 0) is 11.3 Å². The zero-order chi connectivity index (χ0) is 14.7. The first-order valence-electron chi connectivity index (χ1n) is 7.67. The van der Waals surface area contributed by atoms with Gasteiger partial charge in [-0.05, 0) is 30.5 Å². The van der Waals surface area contributed by atoms with Gasteiger partial charge in [0.2, 0.25) is 5.91 Å². The number of halogens is 1. The highest BCUT2D eigenvalue weighted by Gasteiger charge is 2.25. The highest BCUT2D eigenvalue weighted by Crippen LogP contribution is 2.18. The largest absolute Gasteiger partial charge is 0.352 e. The maximum absolute atomic E-state index is 11.8. The molecule has 0 aromatic heterocycles. The molecular formula is C16H22BrN3O. The molecule has 1 heterocycles. The van der Waals surface area contributed by atoms with Gasteiger partial charge in [-0.2, -0.15) is 0 Å². The van der Waals surface area contributed by atoms with Gasteiger partial charge in [-0.15, -0.1) is 0 Å². The molecule has 4 nitrogen and oxygen atoms in total. The lowest BCUT2D eigenvalue weighted by Gasteiger charge is -2.34. The summed E-state index contributed by atoms with van der Waals surface area (Å²) in [5, 5.41) is 3.06. The molecule has 1 aliphatic heterocycles. The van der Waals surface area contributed by atoms with E-state index in [0.717, 1.165) is 50.0 Å². The third-order valence-corrected chi connectivity index (χ3v) is 4.56. The molecule has 0 radical (unpaired) electrons. The van der Waals surface area contributed by atoms with Crippen molar-refractivity contribution in [3.05, 3.63) is 34.3 Å². The van der Waals surface area contributed by atoms with E-state index in [-0.39, 0.29) is 5.91 Å². The number of piperazine rings is 1. The first-order chi connectivity index (χ1) is 10.2. The number of hydrogen-bond donors (Lipinski definition) is 1. The van der Waals surface area contributed by atoms with Crippen LogP contribution in [-0.4, -0.2) is 54.5 Å². The van der Waals surface area contributed by atoms with Gasteiger partial charge in [0.25, 0.3) is 0 Å². The van der Waals surface area contributed by atoms with E-state index in [1.54, 1.807) is 0 Å². The van der Waals surface area contributed by atoms with Crippen molar-refractivity contribution in [3.8, 4) is 0 Å². The van der Waals surface area contributed by atoms with Crippen molar-refractivity contribution in [1.29, 1.82) is 0 Å². The lowest BCUT2D eigenvalue weighted by molar-refractivity contribution is -0.122. The fourth-order valence-corrected chi connectivity index (χ4v) is 3.15. The normalized spacial score (nSPS) is 20.4. The first kappa shape index (κ1) is 15.0. The summed E-state index contributed by atoms with van der Waals surface area (Å²) in [6.45, 7) is 5.56. The van der Waals surface area contributed by atoms with Gasteiger partial charge in [0, 0.05) is 43.2 Å². The summed E-state index contributed by atoms with van der Waals surface area (Å²) in [5.41, 5.74) is 1.34. The second-order valence-electron chi connectivity index (χ2n) is 6.02. The van der Waals surface area contributed by atoms with Crippen LogP contribution in [0.4, 0.5) is 0 Å². The Bertz CT molecular complexity index is 496. The van der Waals surface area contributed by atoms with Gasteiger partial charge in [0.15, 0.2) is 0 Å². The van der Waals surface area contributed by atoms with Crippen molar-refractivity contribution >= 4 is 21.8 Å². The second-order valence-corrected chi connectivity index (χ2v) is 6.94. The summed E-state index contributed by atoms with van der Waals surface area (Å²) in [4.78, 5) is 16.5. The van der Waals surface area contributed by atoms with Gasteiger partial charge >= 0.3 is 0 Å². The van der Waals surface area contributed by atoms with Crippen LogP contribution in [0.5, 0.6) is 0 Å². The average molecular weight is 352 g/mol. The molecule has 0 spiro atoms. The molecule has 1 saturated heterocycles. The minimum Gasteiger partial charge on any atom is -0.352 e. The number of carbonyl (C=O) groups excluding carboxylic acids is 1. The van der Waals surface area contributed by atoms with E-state index in [1.807, 2.05) is 0 Å². The van der Waals surface area contributed by atoms with Crippen molar-refractivity contribution in [3.63, 3.8) is 0 Å². The van der Waals surface area contributed by atoms with Crippen LogP contribution < -0.4 is 5.32 Å². The molecule has 1 N–H and O–H groups in total. The minimum absolute atomic E-state index is 0.193. The molecule has 1 saturated carbocycles. The lowest BCUT2D eigenvalue weighted by atomic mass is 10.2. The number of nitrogens with zero attached hydrogens (tertiary/aromatic N) is 2. The Kier molecular flexibility index (Phi) is 4.93. The number of hydrogen-bond acceptors (Lipinski definition) is 3. The predicted octanol–water partition coefficient (Wildman–Crippen LogP) is 1.85. The van der Waals surface area contributed by atoms with Gasteiger partial charge in [-0.25, -0.2) is 0 Å². The third-order valence-electron chi connectivity index (χ3n) is 4.07. The number of benzene rings is 1. The number of amides is 1. The van der Waals surface area contributed by atoms with Crippen molar-refractivity contribution in [2.45, 2.75) is 25.4 Å². The van der Waals surface area contributed by atoms with Crippen LogP contribution in [0.25, 0.3) is 0 Å². The average Bonchev–Trinajstić information content (AvgIpc) is 3.25. The summed E-state index contributed by atoms with van der Waals surface area (Å²) in [6.07, 6.45) is 2.32. The molecule has 0 bridgehead atoms. The molecular weight excluding hydrogens is 330 g/mol. The minimum atomic E-state index is 0.193. The van der Waals surface area contributed by atoms with E-state index in [2.05, 4.69) is 55.3 Å². The molecule has 1 aromatic carbocycles. The van der Waals surface area contributed by atoms with Gasteiger partial charge < -0.3 is 5.32 Å². The molecule has 21 heavy (non-hydrogen) atoms. The number of rotatable bonds is 5. The summed E-state index contributed by atoms with van der Waals surface area (Å²) in [6, 6.07) is 8.95. The van der Waals surface area contributed by atoms with E-state index < -0.39 is 0 Å². The van der Waals surface area contributed by atoms with Gasteiger partial charge in [-0.3, -0.25) is 14.6 Å². The molecule has 0 atom stereocenters. The third kappa shape index (κ3) is 4.80. The van der Waals surface area contributed by atoms with E-state index >= 15 is 0 Å². The van der Waals surface area contributed by atoms with Crippen molar-refractivity contribution in [1.82, 2.24) is 15.1 Å². The summed E-state index contributed by atoms with van der Waals surface area (Å²) in [7, 11) is 0. The molecule has 5 heteroatoms. The Balaban J connectivity index is 1.41. The molecule has 1 aromatic rings. The predicted molar refractivity (Wildman–Crippen MR) is 87.0 cm³/mol. The van der Waals surface area contributed by atoms with Crippen LogP contribution >= 0.6 is 15.9 Å². The van der Waals surface area contributed by atoms with E-state index in [0.29, 0.717) is 12.6 Å². The Morgan fingerprint density at radius 3 is 2.57 bits per heavy atom. The van der Waals surface area contributed by atoms with Crippen molar-refractivity contribution < 1.29 is 4.79 Å². The fraction of sp³-hybridized carbons (Fsp3) is 0.562. The SMILES string of the molecule is O=C(CN1CCN(Cc2cccc(Br)c2)CC1)NC1CC1. The Morgan fingerprint density at radius 2 is 1.90 bits per heavy atom. The highest BCUT2D eigenvalue weighted by molar-refractivity contribution is 9.10. The molecule has 1 amide bonds. The monoisotopic (exact) mass is 351 g/mol. The molecule has 114 valence electrons. The highest BCUT2D eigenvalue weighted by atomic mass is 79.9. The molecule has 0 unspecified atom stereocenters. The van der Waals surface area contributed by atoms with Crippen LogP contribution in [0.2, 0.25) is 0 Å². The Hall–Kier alpha value is -0.910. The van der Waals surface area contributed by atoms with Crippen LogP contribution in [0.15, 0.2) is 28.7 Å². The lowest BCUT2D eigenvalue weighted by Crippen LogP contribution is -2.49. The van der Waals surface area contributed by atoms with Crippen molar-refractivity contribution in [2.24, 2.45) is 0 Å². The maximum Gasteiger partial charge on any atom is 0.234 e. The topological polar surface area (TPSA) is 35.6 Å². The first-order valence-corrected chi connectivity index (χ1v) is 8.47. The standard InChI is InChI=1S/C16H22BrN3O/c17-14-3-1-2-13(10-14)11-19-6-8-20(9-7-19)12-16(21)18-15-4-5-15/h1-3,10,15H,4-9,11-12H2,(H,18,21). The number of carbonyl (C=O) groups is 1. The second kappa shape index (κ2) is 6.90. The summed E-state index contributed by atoms with van der Waals surface area (Å²) < 4.78 is 1.13. The van der Waals surface area contributed by atoms with Gasteiger partial charge in [0.1, 0.15) is 0 Å². The van der Waals surface area contributed by atoms with Crippen LogP contribution in [0.1, 0.15) is 18.4 Å². The Morgan fingerprint density at radius 1 is 1.19 bits per heavy atom. The fourth-order valence-electron chi connectivity index (χ4n) is 2.70. The molecule has 1 aliphatic carbocycles. The van der Waals surface area contributed by atoms with Gasteiger partial charge in [0.05, 0.1) is 6.54 Å². The molecule has 2 aliphatic rings. The molecule has 2 fully saturated rings. The zero-order valence-corrected chi connectivity index (χ0v) is 13.8. The number of nitrogens with one attached hydrogen (secondary N) is 1. The maximum atomic E-state index is 11.8. The smallest absolute Gasteiger partial charge is 0.234 e. The zero-order valence-electron chi connectivity index (χ0n) is 12.2. The van der Waals surface area contributed by atoms with Crippen LogP contribution in [0.3, 0.4) is 0 Å². The van der Waals surface area contributed by atoms with Crippen molar-refractivity contribution in [2.75, 3.05) is 32.7 Å². The van der Waals surface area contributed by atoms with Gasteiger partial charge in [-0.1, -0.05) is 28.1 Å². The summed E-state index contributed by atoms with van der Waals surface area (Å²) in [5.74, 6) is 0.193. The van der Waals surface area contributed by atoms with E-state index in [1.165, 1.54) is 5.56 Å². The van der Waals surface area contributed by atoms with E-state index in [9.17, 15) is 4.79 Å².